The fourth-order valence-corrected chi connectivity index (χ4v) is 3.63. The van der Waals surface area contributed by atoms with Crippen LogP contribution in [0.25, 0.3) is 0 Å². The molecule has 20 heavy (non-hydrogen) atoms. The Morgan fingerprint density at radius 3 is 2.35 bits per heavy atom. The van der Waals surface area contributed by atoms with Crippen LogP contribution in [-0.4, -0.2) is 43.3 Å². The highest BCUT2D eigenvalue weighted by Crippen LogP contribution is 2.37. The molecule has 1 aliphatic carbocycles. The zero-order valence-electron chi connectivity index (χ0n) is 14.0. The Hall–Kier alpha value is -0.120. The lowest BCUT2D eigenvalue weighted by Gasteiger charge is -2.48. The van der Waals surface area contributed by atoms with E-state index in [2.05, 4.69) is 25.7 Å². The molecule has 0 amide bonds. The molecule has 1 fully saturated rings. The minimum absolute atomic E-state index is 0.272. The number of nitrogens with zero attached hydrogens (tertiary/aromatic N) is 1. The fraction of sp³-hybridized carbons (Fsp3) is 1.00. The maximum atomic E-state index is 6.21. The lowest BCUT2D eigenvalue weighted by atomic mass is 9.74. The molecule has 0 spiro atoms. The first kappa shape index (κ1) is 17.9. The molecule has 0 aromatic heterocycles. The molecule has 1 rings (SSSR count). The molecule has 0 aromatic carbocycles. The van der Waals surface area contributed by atoms with Crippen molar-refractivity contribution in [3.63, 3.8) is 0 Å². The molecule has 0 atom stereocenters. The monoisotopic (exact) mass is 284 g/mol. The van der Waals surface area contributed by atoms with Crippen molar-refractivity contribution in [2.24, 2.45) is 11.7 Å². The van der Waals surface area contributed by atoms with Gasteiger partial charge in [-0.3, -0.25) is 4.90 Å². The zero-order chi connectivity index (χ0) is 14.8. The van der Waals surface area contributed by atoms with Crippen LogP contribution < -0.4 is 5.73 Å². The second-order valence-electron chi connectivity index (χ2n) is 6.32. The fourth-order valence-electron chi connectivity index (χ4n) is 3.63. The molecular formula is C17H36N2O. The van der Waals surface area contributed by atoms with Gasteiger partial charge in [0.15, 0.2) is 0 Å². The van der Waals surface area contributed by atoms with Crippen LogP contribution in [0, 0.1) is 5.92 Å². The summed E-state index contributed by atoms with van der Waals surface area (Å²) in [6, 6.07) is 0. The van der Waals surface area contributed by atoms with Gasteiger partial charge in [-0.2, -0.15) is 0 Å². The molecule has 120 valence electrons. The summed E-state index contributed by atoms with van der Waals surface area (Å²) in [7, 11) is 0. The third-order valence-electron chi connectivity index (χ3n) is 5.08. The summed E-state index contributed by atoms with van der Waals surface area (Å²) in [5.74, 6) is 0.932. The average molecular weight is 284 g/mol. The Balaban J connectivity index is 2.56. The van der Waals surface area contributed by atoms with Gasteiger partial charge in [-0.1, -0.05) is 20.3 Å². The number of ether oxygens (including phenoxy) is 1. The largest absolute Gasteiger partial charge is 0.382 e. The normalized spacial score (nSPS) is 27.1. The van der Waals surface area contributed by atoms with Crippen LogP contribution in [-0.2, 0) is 4.74 Å². The van der Waals surface area contributed by atoms with Gasteiger partial charge in [-0.05, 0) is 57.9 Å². The van der Waals surface area contributed by atoms with Gasteiger partial charge in [0.05, 0.1) is 0 Å². The first-order valence-electron chi connectivity index (χ1n) is 8.75. The number of hydrogen-bond acceptors (Lipinski definition) is 3. The van der Waals surface area contributed by atoms with Crippen LogP contribution in [0.1, 0.15) is 65.7 Å². The van der Waals surface area contributed by atoms with Crippen LogP contribution in [0.2, 0.25) is 0 Å². The topological polar surface area (TPSA) is 38.5 Å². The van der Waals surface area contributed by atoms with E-state index in [1.54, 1.807) is 0 Å². The van der Waals surface area contributed by atoms with Crippen molar-refractivity contribution in [2.45, 2.75) is 71.3 Å². The van der Waals surface area contributed by atoms with Crippen LogP contribution in [0.5, 0.6) is 0 Å². The average Bonchev–Trinajstić information content (AvgIpc) is 2.50. The molecule has 0 unspecified atom stereocenters. The molecule has 0 heterocycles. The van der Waals surface area contributed by atoms with Crippen molar-refractivity contribution in [1.29, 1.82) is 0 Å². The van der Waals surface area contributed by atoms with Crippen molar-refractivity contribution in [2.75, 3.05) is 32.8 Å². The molecule has 1 saturated carbocycles. The van der Waals surface area contributed by atoms with E-state index in [9.17, 15) is 0 Å². The smallest absolute Gasteiger partial charge is 0.0478 e. The molecule has 0 saturated heterocycles. The first-order valence-corrected chi connectivity index (χ1v) is 8.75. The molecule has 1 aliphatic rings. The van der Waals surface area contributed by atoms with Gasteiger partial charge in [-0.15, -0.1) is 0 Å². The van der Waals surface area contributed by atoms with Gasteiger partial charge >= 0.3 is 0 Å². The molecule has 3 nitrogen and oxygen atoms in total. The molecule has 0 aliphatic heterocycles. The Morgan fingerprint density at radius 2 is 1.85 bits per heavy atom. The summed E-state index contributed by atoms with van der Waals surface area (Å²) in [5.41, 5.74) is 6.49. The third kappa shape index (κ3) is 5.01. The Morgan fingerprint density at radius 1 is 1.15 bits per heavy atom. The van der Waals surface area contributed by atoms with Gasteiger partial charge in [0.2, 0.25) is 0 Å². The summed E-state index contributed by atoms with van der Waals surface area (Å²) in [5, 5.41) is 0. The van der Waals surface area contributed by atoms with Crippen molar-refractivity contribution < 1.29 is 4.74 Å². The maximum absolute atomic E-state index is 6.21. The van der Waals surface area contributed by atoms with Gasteiger partial charge < -0.3 is 10.5 Å². The van der Waals surface area contributed by atoms with Crippen LogP contribution in [0.4, 0.5) is 0 Å². The maximum Gasteiger partial charge on any atom is 0.0478 e. The van der Waals surface area contributed by atoms with E-state index in [-0.39, 0.29) is 5.54 Å². The van der Waals surface area contributed by atoms with E-state index in [0.29, 0.717) is 0 Å². The van der Waals surface area contributed by atoms with Gasteiger partial charge in [0.25, 0.3) is 0 Å². The van der Waals surface area contributed by atoms with E-state index in [1.807, 2.05) is 0 Å². The Kier molecular flexibility index (Phi) is 8.74. The SMILES string of the molecule is CCCN(CCCOCC)C1(CN)CCC(CC)CC1. The van der Waals surface area contributed by atoms with E-state index in [4.69, 9.17) is 10.5 Å². The van der Waals surface area contributed by atoms with E-state index < -0.39 is 0 Å². The third-order valence-corrected chi connectivity index (χ3v) is 5.08. The standard InChI is InChI=1S/C17H36N2O/c1-4-12-19(13-7-14-20-6-3)17(15-18)10-8-16(5-2)9-11-17/h16H,4-15,18H2,1-3H3. The van der Waals surface area contributed by atoms with Gasteiger partial charge in [0.1, 0.15) is 0 Å². The van der Waals surface area contributed by atoms with E-state index >= 15 is 0 Å². The Labute approximate surface area is 126 Å². The zero-order valence-corrected chi connectivity index (χ0v) is 14.0. The minimum Gasteiger partial charge on any atom is -0.382 e. The quantitative estimate of drug-likeness (QED) is 0.625. The summed E-state index contributed by atoms with van der Waals surface area (Å²) in [4.78, 5) is 2.68. The molecule has 0 aromatic rings. The van der Waals surface area contributed by atoms with Gasteiger partial charge in [0, 0.05) is 31.8 Å². The number of hydrogen-bond donors (Lipinski definition) is 1. The number of nitrogens with two attached hydrogens (primary N) is 1. The predicted molar refractivity (Wildman–Crippen MR) is 87.0 cm³/mol. The van der Waals surface area contributed by atoms with Crippen LogP contribution >= 0.6 is 0 Å². The minimum atomic E-state index is 0.272. The highest BCUT2D eigenvalue weighted by atomic mass is 16.5. The molecule has 0 bridgehead atoms. The van der Waals surface area contributed by atoms with Crippen LogP contribution in [0.15, 0.2) is 0 Å². The molecular weight excluding hydrogens is 248 g/mol. The van der Waals surface area contributed by atoms with Crippen molar-refractivity contribution in [3.8, 4) is 0 Å². The second-order valence-corrected chi connectivity index (χ2v) is 6.32. The van der Waals surface area contributed by atoms with Gasteiger partial charge in [-0.25, -0.2) is 0 Å². The highest BCUT2D eigenvalue weighted by Gasteiger charge is 2.38. The van der Waals surface area contributed by atoms with E-state index in [1.165, 1.54) is 45.1 Å². The summed E-state index contributed by atoms with van der Waals surface area (Å²) >= 11 is 0. The van der Waals surface area contributed by atoms with Crippen molar-refractivity contribution >= 4 is 0 Å². The summed E-state index contributed by atoms with van der Waals surface area (Å²) in [6.45, 7) is 11.5. The first-order chi connectivity index (χ1) is 9.72. The van der Waals surface area contributed by atoms with Crippen molar-refractivity contribution in [1.82, 2.24) is 4.90 Å². The molecule has 3 heteroatoms. The molecule has 2 N–H and O–H groups in total. The molecule has 0 radical (unpaired) electrons. The summed E-state index contributed by atoms with van der Waals surface area (Å²) < 4.78 is 5.49. The predicted octanol–water partition coefficient (Wildman–Crippen LogP) is 3.42. The lowest BCUT2D eigenvalue weighted by molar-refractivity contribution is 0.0320. The number of rotatable bonds is 10. The highest BCUT2D eigenvalue weighted by molar-refractivity contribution is 4.95. The van der Waals surface area contributed by atoms with Crippen molar-refractivity contribution in [3.05, 3.63) is 0 Å². The Bertz CT molecular complexity index is 237. The lowest BCUT2D eigenvalue weighted by Crippen LogP contribution is -2.56. The van der Waals surface area contributed by atoms with E-state index in [0.717, 1.165) is 38.6 Å². The van der Waals surface area contributed by atoms with Crippen LogP contribution in [0.3, 0.4) is 0 Å². The second kappa shape index (κ2) is 9.75. The summed E-state index contributed by atoms with van der Waals surface area (Å²) in [6.07, 6.45) is 8.98.